The lowest BCUT2D eigenvalue weighted by Gasteiger charge is -2.34. The Bertz CT molecular complexity index is 1590. The molecule has 0 fully saturated rings. The minimum absolute atomic E-state index is 0.0248. The zero-order valence-electron chi connectivity index (χ0n) is 27.7. The lowest BCUT2D eigenvalue weighted by molar-refractivity contribution is -0.177. The molecule has 0 saturated carbocycles. The van der Waals surface area contributed by atoms with Crippen molar-refractivity contribution in [1.29, 1.82) is 0 Å². The number of hydrogen-bond acceptors (Lipinski definition) is 7. The van der Waals surface area contributed by atoms with Crippen LogP contribution in [-0.2, 0) is 54.5 Å². The van der Waals surface area contributed by atoms with Gasteiger partial charge in [0.25, 0.3) is 0 Å². The van der Waals surface area contributed by atoms with Crippen LogP contribution in [0, 0.1) is 5.92 Å². The largest absolute Gasteiger partial charge is 0.461 e. The molecule has 0 radical (unpaired) electrons. The molecular weight excluding hydrogens is 636 g/mol. The zero-order valence-corrected chi connectivity index (χ0v) is 27.7. The molecule has 260 valence electrons. The number of ether oxygens (including phenoxy) is 2. The van der Waals surface area contributed by atoms with Crippen molar-refractivity contribution in [1.82, 2.24) is 15.5 Å². The molecule has 1 aliphatic carbocycles. The van der Waals surface area contributed by atoms with Crippen LogP contribution in [-0.4, -0.2) is 71.8 Å². The molecule has 3 aromatic rings. The molecule has 0 heterocycles. The predicted octanol–water partition coefficient (Wildman–Crippen LogP) is 4.43. The number of benzene rings is 3. The molecular formula is C37H41F2N3O7. The number of hydrogen-bond donors (Lipinski definition) is 2. The molecule has 3 amide bonds. The Morgan fingerprint density at radius 1 is 0.816 bits per heavy atom. The Morgan fingerprint density at radius 3 is 1.92 bits per heavy atom. The molecule has 2 N–H and O–H groups in total. The highest BCUT2D eigenvalue weighted by atomic mass is 19.3. The molecule has 0 spiro atoms. The first-order valence-electron chi connectivity index (χ1n) is 16.2. The number of rotatable bonds is 15. The Hall–Kier alpha value is -5.13. The highest BCUT2D eigenvalue weighted by molar-refractivity contribution is 6.08. The van der Waals surface area contributed by atoms with E-state index in [1.165, 1.54) is 11.8 Å². The standard InChI is InChI=1S/C37H41F2N3O7/c1-4-48-35(46)37(38,39)33(44)30(19-25-13-7-5-8-14-25)40-31(43)22-42(29-20-27-17-11-12-18-28(27)21-29)34(45)32(24(2)3)41-36(47)49-23-26-15-9-6-10-16-26/h5-18,24,29-30,32H,4,19-23H2,1-3H3,(H,40,43)(H,41,47)/t30-,32-/m0/s1. The number of halogens is 2. The van der Waals surface area contributed by atoms with Crippen molar-refractivity contribution in [3.63, 3.8) is 0 Å². The maximum absolute atomic E-state index is 15.0. The van der Waals surface area contributed by atoms with Gasteiger partial charge >= 0.3 is 18.0 Å². The fraction of sp³-hybridized carbons (Fsp3) is 0.378. The topological polar surface area (TPSA) is 131 Å². The van der Waals surface area contributed by atoms with Crippen LogP contribution in [0.25, 0.3) is 0 Å². The number of Topliss-reactive ketones (excluding diaryl/α,β-unsaturated/α-hetero) is 1. The second-order valence-corrected chi connectivity index (χ2v) is 12.2. The number of ketones is 1. The van der Waals surface area contributed by atoms with Gasteiger partial charge < -0.3 is 25.0 Å². The monoisotopic (exact) mass is 677 g/mol. The number of carbonyl (C=O) groups excluding carboxylic acids is 5. The van der Waals surface area contributed by atoms with E-state index in [1.54, 1.807) is 68.4 Å². The number of fused-ring (bicyclic) bond motifs is 1. The molecule has 3 aromatic carbocycles. The summed E-state index contributed by atoms with van der Waals surface area (Å²) < 4.78 is 39.8. The second kappa shape index (κ2) is 16.8. The second-order valence-electron chi connectivity index (χ2n) is 12.2. The van der Waals surface area contributed by atoms with Gasteiger partial charge in [0.15, 0.2) is 0 Å². The van der Waals surface area contributed by atoms with E-state index in [4.69, 9.17) is 4.74 Å². The first kappa shape index (κ1) is 36.7. The van der Waals surface area contributed by atoms with Crippen molar-refractivity contribution in [3.05, 3.63) is 107 Å². The van der Waals surface area contributed by atoms with Crippen molar-refractivity contribution in [2.45, 2.75) is 70.7 Å². The van der Waals surface area contributed by atoms with Crippen LogP contribution in [0.3, 0.4) is 0 Å². The molecule has 1 aliphatic rings. The smallest absolute Gasteiger partial charge is 0.408 e. The lowest BCUT2D eigenvalue weighted by atomic mass is 9.98. The SMILES string of the molecule is CCOC(=O)C(F)(F)C(=O)[C@H](Cc1ccccc1)NC(=O)CN(C(=O)[C@@H](NC(=O)OCc1ccccc1)C(C)C)C1Cc2ccccc2C1. The van der Waals surface area contributed by atoms with E-state index in [-0.39, 0.29) is 19.6 Å². The van der Waals surface area contributed by atoms with Gasteiger partial charge in [-0.15, -0.1) is 0 Å². The molecule has 12 heteroatoms. The van der Waals surface area contributed by atoms with Crippen LogP contribution in [0.15, 0.2) is 84.9 Å². The number of carbonyl (C=O) groups is 5. The summed E-state index contributed by atoms with van der Waals surface area (Å²) in [4.78, 5) is 67.2. The first-order valence-corrected chi connectivity index (χ1v) is 16.2. The minimum atomic E-state index is -4.53. The van der Waals surface area contributed by atoms with Gasteiger partial charge in [-0.2, -0.15) is 8.78 Å². The summed E-state index contributed by atoms with van der Waals surface area (Å²) in [5.41, 5.74) is 3.17. The number of amides is 3. The van der Waals surface area contributed by atoms with Crippen LogP contribution in [0.5, 0.6) is 0 Å². The Labute approximate surface area is 284 Å². The third-order valence-corrected chi connectivity index (χ3v) is 8.26. The summed E-state index contributed by atoms with van der Waals surface area (Å²) in [6.45, 7) is 3.79. The third kappa shape index (κ3) is 9.71. The van der Waals surface area contributed by atoms with E-state index in [0.717, 1.165) is 16.7 Å². The summed E-state index contributed by atoms with van der Waals surface area (Å²) in [5, 5.41) is 5.00. The summed E-state index contributed by atoms with van der Waals surface area (Å²) in [6, 6.07) is 21.3. The van der Waals surface area contributed by atoms with E-state index in [9.17, 15) is 32.8 Å². The van der Waals surface area contributed by atoms with Crippen molar-refractivity contribution >= 4 is 29.7 Å². The van der Waals surface area contributed by atoms with E-state index in [0.29, 0.717) is 18.4 Å². The summed E-state index contributed by atoms with van der Waals surface area (Å²) in [7, 11) is 0. The summed E-state index contributed by atoms with van der Waals surface area (Å²) >= 11 is 0. The Balaban J connectivity index is 1.57. The van der Waals surface area contributed by atoms with Gasteiger partial charge in [-0.05, 0) is 47.9 Å². The van der Waals surface area contributed by atoms with Crippen LogP contribution >= 0.6 is 0 Å². The summed E-state index contributed by atoms with van der Waals surface area (Å²) in [6.07, 6.45) is -0.353. The quantitative estimate of drug-likeness (QED) is 0.180. The fourth-order valence-corrected chi connectivity index (χ4v) is 5.72. The van der Waals surface area contributed by atoms with Crippen LogP contribution in [0.2, 0.25) is 0 Å². The van der Waals surface area contributed by atoms with Crippen molar-refractivity contribution in [2.75, 3.05) is 13.2 Å². The number of alkyl halides is 2. The summed E-state index contributed by atoms with van der Waals surface area (Å²) in [5.74, 6) is -10.3. The average Bonchev–Trinajstić information content (AvgIpc) is 3.53. The number of nitrogens with zero attached hydrogens (tertiary/aromatic N) is 1. The fourth-order valence-electron chi connectivity index (χ4n) is 5.72. The molecule has 0 bridgehead atoms. The van der Waals surface area contributed by atoms with Gasteiger partial charge in [0, 0.05) is 12.5 Å². The number of alkyl carbamates (subject to hydrolysis) is 1. The van der Waals surface area contributed by atoms with Gasteiger partial charge in [0.1, 0.15) is 12.6 Å². The van der Waals surface area contributed by atoms with Gasteiger partial charge in [-0.1, -0.05) is 98.8 Å². The van der Waals surface area contributed by atoms with E-state index < -0.39 is 66.2 Å². The zero-order chi connectivity index (χ0) is 35.6. The van der Waals surface area contributed by atoms with Gasteiger partial charge in [0.05, 0.1) is 19.2 Å². The van der Waals surface area contributed by atoms with Crippen molar-refractivity contribution < 1.29 is 42.2 Å². The molecule has 10 nitrogen and oxygen atoms in total. The third-order valence-electron chi connectivity index (χ3n) is 8.26. The Kier molecular flexibility index (Phi) is 12.6. The molecule has 2 atom stereocenters. The molecule has 0 aromatic heterocycles. The molecule has 0 saturated heterocycles. The van der Waals surface area contributed by atoms with E-state index >= 15 is 0 Å². The predicted molar refractivity (Wildman–Crippen MR) is 176 cm³/mol. The molecule has 0 unspecified atom stereocenters. The molecule has 0 aliphatic heterocycles. The Morgan fingerprint density at radius 2 is 1.37 bits per heavy atom. The van der Waals surface area contributed by atoms with Crippen LogP contribution in [0.1, 0.15) is 43.0 Å². The van der Waals surface area contributed by atoms with Gasteiger partial charge in [-0.3, -0.25) is 14.4 Å². The maximum atomic E-state index is 15.0. The first-order chi connectivity index (χ1) is 23.4. The number of esters is 1. The van der Waals surface area contributed by atoms with Crippen LogP contribution < -0.4 is 10.6 Å². The lowest BCUT2D eigenvalue weighted by Crippen LogP contribution is -2.58. The maximum Gasteiger partial charge on any atom is 0.408 e. The molecule has 4 rings (SSSR count). The van der Waals surface area contributed by atoms with Gasteiger partial charge in [-0.25, -0.2) is 9.59 Å². The van der Waals surface area contributed by atoms with Crippen molar-refractivity contribution in [2.24, 2.45) is 5.92 Å². The van der Waals surface area contributed by atoms with E-state index in [2.05, 4.69) is 15.4 Å². The minimum Gasteiger partial charge on any atom is -0.461 e. The highest BCUT2D eigenvalue weighted by Gasteiger charge is 2.52. The van der Waals surface area contributed by atoms with Crippen LogP contribution in [0.4, 0.5) is 13.6 Å². The average molecular weight is 678 g/mol. The normalized spacial score (nSPS) is 13.9. The number of nitrogens with one attached hydrogen (secondary N) is 2. The molecule has 49 heavy (non-hydrogen) atoms. The van der Waals surface area contributed by atoms with Crippen molar-refractivity contribution in [3.8, 4) is 0 Å². The highest BCUT2D eigenvalue weighted by Crippen LogP contribution is 2.27. The van der Waals surface area contributed by atoms with Gasteiger partial charge in [0.2, 0.25) is 17.6 Å². The van der Waals surface area contributed by atoms with E-state index in [1.807, 2.05) is 30.3 Å².